The van der Waals surface area contributed by atoms with Gasteiger partial charge in [-0.1, -0.05) is 0 Å². The van der Waals surface area contributed by atoms with E-state index in [2.05, 4.69) is 0 Å². The van der Waals surface area contributed by atoms with Gasteiger partial charge in [-0.25, -0.2) is 17.6 Å². The van der Waals surface area contributed by atoms with Crippen LogP contribution in [0.15, 0.2) is 6.07 Å². The molecule has 114 valence electrons. The molecule has 0 fully saturated rings. The molecule has 0 aliphatic heterocycles. The third-order valence-electron chi connectivity index (χ3n) is 2.07. The van der Waals surface area contributed by atoms with Gasteiger partial charge in [-0.05, 0) is 20.8 Å². The SMILES string of the molecule is CCOC(C)OCC.O=Cc1c(F)c(F)cc(F)c1F. The molecule has 7 heteroatoms. The Hall–Kier alpha value is -1.47. The molecule has 0 atom stereocenters. The Morgan fingerprint density at radius 2 is 1.45 bits per heavy atom. The van der Waals surface area contributed by atoms with Crippen LogP contribution in [0.3, 0.4) is 0 Å². The zero-order chi connectivity index (χ0) is 15.7. The molecule has 3 nitrogen and oxygen atoms in total. The summed E-state index contributed by atoms with van der Waals surface area (Å²) in [4.78, 5) is 9.94. The monoisotopic (exact) mass is 296 g/mol. The fraction of sp³-hybridized carbons (Fsp3) is 0.462. The number of carbonyl (C=O) groups is 1. The zero-order valence-corrected chi connectivity index (χ0v) is 11.4. The van der Waals surface area contributed by atoms with Crippen molar-refractivity contribution in [2.24, 2.45) is 0 Å². The lowest BCUT2D eigenvalue weighted by Gasteiger charge is -2.09. The van der Waals surface area contributed by atoms with Gasteiger partial charge in [0, 0.05) is 19.3 Å². The van der Waals surface area contributed by atoms with E-state index in [-0.39, 0.29) is 18.6 Å². The first-order valence-corrected chi connectivity index (χ1v) is 5.90. The Morgan fingerprint density at radius 1 is 1.05 bits per heavy atom. The molecule has 0 aliphatic rings. The second-order valence-corrected chi connectivity index (χ2v) is 3.48. The van der Waals surface area contributed by atoms with Crippen molar-refractivity contribution >= 4 is 6.29 Å². The number of ether oxygens (including phenoxy) is 2. The summed E-state index contributed by atoms with van der Waals surface area (Å²) in [7, 11) is 0. The van der Waals surface area contributed by atoms with E-state index >= 15 is 0 Å². The highest BCUT2D eigenvalue weighted by Gasteiger charge is 2.17. The molecule has 0 aromatic heterocycles. The number of halogens is 4. The van der Waals surface area contributed by atoms with Crippen LogP contribution in [0.4, 0.5) is 17.6 Å². The van der Waals surface area contributed by atoms with E-state index in [1.54, 1.807) is 0 Å². The van der Waals surface area contributed by atoms with Crippen LogP contribution in [0.1, 0.15) is 31.1 Å². The highest BCUT2D eigenvalue weighted by atomic mass is 19.2. The summed E-state index contributed by atoms with van der Waals surface area (Å²) in [5.41, 5.74) is -1.23. The third kappa shape index (κ3) is 5.66. The van der Waals surface area contributed by atoms with E-state index in [4.69, 9.17) is 9.47 Å². The largest absolute Gasteiger partial charge is 0.353 e. The van der Waals surface area contributed by atoms with E-state index < -0.39 is 28.8 Å². The lowest BCUT2D eigenvalue weighted by atomic mass is 10.2. The first-order chi connectivity index (χ1) is 9.38. The smallest absolute Gasteiger partial charge is 0.172 e. The van der Waals surface area contributed by atoms with Gasteiger partial charge in [0.15, 0.2) is 35.8 Å². The normalized spacial score (nSPS) is 10.2. The average molecular weight is 296 g/mol. The van der Waals surface area contributed by atoms with Crippen molar-refractivity contribution in [1.29, 1.82) is 0 Å². The summed E-state index contributed by atoms with van der Waals surface area (Å²) >= 11 is 0. The maximum Gasteiger partial charge on any atom is 0.172 e. The summed E-state index contributed by atoms with van der Waals surface area (Å²) in [6.45, 7) is 7.25. The highest BCUT2D eigenvalue weighted by molar-refractivity contribution is 5.75. The van der Waals surface area contributed by atoms with Gasteiger partial charge in [-0.3, -0.25) is 4.79 Å². The van der Waals surface area contributed by atoms with Gasteiger partial charge in [-0.2, -0.15) is 0 Å². The predicted octanol–water partition coefficient (Wildman–Crippen LogP) is 3.46. The lowest BCUT2D eigenvalue weighted by molar-refractivity contribution is -0.123. The van der Waals surface area contributed by atoms with Crippen molar-refractivity contribution in [3.8, 4) is 0 Å². The molecule has 0 saturated heterocycles. The van der Waals surface area contributed by atoms with Crippen LogP contribution in [0.25, 0.3) is 0 Å². The Bertz CT molecular complexity index is 406. The molecular formula is C13H16F4O3. The lowest BCUT2D eigenvalue weighted by Crippen LogP contribution is -2.11. The van der Waals surface area contributed by atoms with Crippen LogP contribution in [0.5, 0.6) is 0 Å². The Labute approximate surface area is 114 Å². The maximum absolute atomic E-state index is 12.4. The van der Waals surface area contributed by atoms with Gasteiger partial charge >= 0.3 is 0 Å². The van der Waals surface area contributed by atoms with Gasteiger partial charge in [0.1, 0.15) is 0 Å². The van der Waals surface area contributed by atoms with Crippen LogP contribution in [-0.2, 0) is 9.47 Å². The van der Waals surface area contributed by atoms with Gasteiger partial charge in [-0.15, -0.1) is 0 Å². The fourth-order valence-corrected chi connectivity index (χ4v) is 1.21. The number of benzene rings is 1. The average Bonchev–Trinajstić information content (AvgIpc) is 2.39. The molecular weight excluding hydrogens is 280 g/mol. The molecule has 20 heavy (non-hydrogen) atoms. The number of aldehydes is 1. The third-order valence-corrected chi connectivity index (χ3v) is 2.07. The van der Waals surface area contributed by atoms with Crippen molar-refractivity contribution in [2.75, 3.05) is 13.2 Å². The minimum Gasteiger partial charge on any atom is -0.353 e. The number of hydrogen-bond donors (Lipinski definition) is 0. The van der Waals surface area contributed by atoms with Gasteiger partial charge in [0.25, 0.3) is 0 Å². The van der Waals surface area contributed by atoms with Crippen LogP contribution < -0.4 is 0 Å². The molecule has 0 N–H and O–H groups in total. The molecule has 0 heterocycles. The Morgan fingerprint density at radius 3 is 1.75 bits per heavy atom. The molecule has 0 aliphatic carbocycles. The van der Waals surface area contributed by atoms with Gasteiger partial charge in [0.2, 0.25) is 0 Å². The zero-order valence-electron chi connectivity index (χ0n) is 11.4. The van der Waals surface area contributed by atoms with E-state index in [1.807, 2.05) is 20.8 Å². The summed E-state index contributed by atoms with van der Waals surface area (Å²) in [5, 5.41) is 0. The number of rotatable bonds is 5. The van der Waals surface area contributed by atoms with Crippen molar-refractivity contribution in [2.45, 2.75) is 27.1 Å². The topological polar surface area (TPSA) is 35.5 Å². The van der Waals surface area contributed by atoms with Crippen molar-refractivity contribution in [3.63, 3.8) is 0 Å². The quantitative estimate of drug-likeness (QED) is 0.361. The second-order valence-electron chi connectivity index (χ2n) is 3.48. The van der Waals surface area contributed by atoms with Crippen LogP contribution in [0, 0.1) is 23.3 Å². The molecule has 1 rings (SSSR count). The standard InChI is InChI=1S/C7H2F4O.C6H14O2/c8-4-1-5(9)7(11)3(2-12)6(4)10;1-4-7-6(3)8-5-2/h1-2H;6H,4-5H2,1-3H3. The van der Waals surface area contributed by atoms with E-state index in [9.17, 15) is 22.4 Å². The Kier molecular flexibility index (Phi) is 8.74. The minimum atomic E-state index is -1.68. The summed E-state index contributed by atoms with van der Waals surface area (Å²) in [6, 6.07) is 0.0394. The molecule has 0 saturated carbocycles. The summed E-state index contributed by atoms with van der Waals surface area (Å²) < 4.78 is 59.5. The van der Waals surface area contributed by atoms with Crippen molar-refractivity contribution < 1.29 is 31.8 Å². The highest BCUT2D eigenvalue weighted by Crippen LogP contribution is 2.16. The van der Waals surface area contributed by atoms with Crippen LogP contribution >= 0.6 is 0 Å². The minimum absolute atomic E-state index is 0.0370. The molecule has 0 spiro atoms. The second kappa shape index (κ2) is 9.44. The fourth-order valence-electron chi connectivity index (χ4n) is 1.21. The molecule has 1 aromatic rings. The summed E-state index contributed by atoms with van der Waals surface area (Å²) in [5.74, 6) is -6.53. The van der Waals surface area contributed by atoms with E-state index in [1.165, 1.54) is 0 Å². The molecule has 1 aromatic carbocycles. The van der Waals surface area contributed by atoms with Crippen LogP contribution in [0.2, 0.25) is 0 Å². The van der Waals surface area contributed by atoms with Gasteiger partial charge < -0.3 is 9.47 Å². The van der Waals surface area contributed by atoms with Crippen molar-refractivity contribution in [1.82, 2.24) is 0 Å². The number of carbonyl (C=O) groups excluding carboxylic acids is 1. The number of hydrogen-bond acceptors (Lipinski definition) is 3. The van der Waals surface area contributed by atoms with Gasteiger partial charge in [0.05, 0.1) is 5.56 Å². The van der Waals surface area contributed by atoms with Crippen molar-refractivity contribution in [3.05, 3.63) is 34.9 Å². The van der Waals surface area contributed by atoms with E-state index in [0.29, 0.717) is 0 Å². The molecule has 0 bridgehead atoms. The summed E-state index contributed by atoms with van der Waals surface area (Å²) in [6.07, 6.45) is -0.318. The Balaban J connectivity index is 0.000000396. The maximum atomic E-state index is 12.4. The predicted molar refractivity (Wildman–Crippen MR) is 64.4 cm³/mol. The first-order valence-electron chi connectivity index (χ1n) is 5.90. The molecule has 0 unspecified atom stereocenters. The molecule has 0 radical (unpaired) electrons. The first kappa shape index (κ1) is 18.5. The van der Waals surface area contributed by atoms with E-state index in [0.717, 1.165) is 13.2 Å². The molecule has 0 amide bonds. The van der Waals surface area contributed by atoms with Crippen LogP contribution in [-0.4, -0.2) is 25.8 Å².